The van der Waals surface area contributed by atoms with Crippen LogP contribution in [0.5, 0.6) is 5.75 Å². The first-order chi connectivity index (χ1) is 11.7. The van der Waals surface area contributed by atoms with Gasteiger partial charge in [-0.25, -0.2) is 4.98 Å². The first-order valence-electron chi connectivity index (χ1n) is 7.69. The van der Waals surface area contributed by atoms with Crippen molar-refractivity contribution in [2.75, 3.05) is 7.11 Å². The monoisotopic (exact) mass is 337 g/mol. The van der Waals surface area contributed by atoms with Gasteiger partial charge in [-0.05, 0) is 29.3 Å². The van der Waals surface area contributed by atoms with Gasteiger partial charge in [-0.15, -0.1) is 0 Å². The number of methoxy groups -OCH3 is 1. The summed E-state index contributed by atoms with van der Waals surface area (Å²) < 4.78 is 7.20. The Balaban J connectivity index is 1.84. The van der Waals surface area contributed by atoms with Crippen molar-refractivity contribution >= 4 is 33.5 Å². The lowest BCUT2D eigenvalue weighted by atomic mass is 10.0. The first-order valence-corrected chi connectivity index (χ1v) is 8.07. The van der Waals surface area contributed by atoms with Crippen LogP contribution in [0.1, 0.15) is 11.1 Å². The molecule has 0 aliphatic carbocycles. The van der Waals surface area contributed by atoms with Crippen LogP contribution in [0.3, 0.4) is 0 Å². The van der Waals surface area contributed by atoms with E-state index in [1.165, 1.54) is 0 Å². The van der Waals surface area contributed by atoms with Gasteiger partial charge in [-0.3, -0.25) is 4.68 Å². The molecule has 4 rings (SSSR count). The Morgan fingerprint density at radius 2 is 1.96 bits per heavy atom. The summed E-state index contributed by atoms with van der Waals surface area (Å²) in [6.07, 6.45) is 2.52. The van der Waals surface area contributed by atoms with E-state index in [1.807, 2.05) is 31.3 Å². The molecule has 0 aliphatic rings. The van der Waals surface area contributed by atoms with Crippen LogP contribution in [0, 0.1) is 0 Å². The molecule has 120 valence electrons. The zero-order chi connectivity index (χ0) is 16.7. The summed E-state index contributed by atoms with van der Waals surface area (Å²) in [6, 6.07) is 14.2. The molecule has 2 aromatic carbocycles. The van der Waals surface area contributed by atoms with Gasteiger partial charge in [-0.2, -0.15) is 5.10 Å². The maximum absolute atomic E-state index is 6.63. The fourth-order valence-corrected chi connectivity index (χ4v) is 3.43. The minimum Gasteiger partial charge on any atom is -0.496 e. The van der Waals surface area contributed by atoms with Crippen molar-refractivity contribution in [3.63, 3.8) is 0 Å². The van der Waals surface area contributed by atoms with E-state index in [2.05, 4.69) is 28.3 Å². The third-order valence-electron chi connectivity index (χ3n) is 4.25. The second-order valence-electron chi connectivity index (χ2n) is 5.77. The Kier molecular flexibility index (Phi) is 3.62. The molecule has 5 heteroatoms. The summed E-state index contributed by atoms with van der Waals surface area (Å²) in [5.74, 6) is 0.893. The Morgan fingerprint density at radius 3 is 2.79 bits per heavy atom. The van der Waals surface area contributed by atoms with Crippen molar-refractivity contribution in [2.24, 2.45) is 7.05 Å². The number of aryl methyl sites for hydroxylation is 1. The molecule has 0 fully saturated rings. The van der Waals surface area contributed by atoms with E-state index in [-0.39, 0.29) is 0 Å². The molecule has 0 saturated carbocycles. The maximum Gasteiger partial charge on any atom is 0.122 e. The number of hydrogen-bond donors (Lipinski definition) is 0. The van der Waals surface area contributed by atoms with E-state index in [4.69, 9.17) is 16.3 Å². The van der Waals surface area contributed by atoms with E-state index in [1.54, 1.807) is 18.0 Å². The molecule has 0 bridgehead atoms. The molecule has 0 saturated heterocycles. The molecule has 24 heavy (non-hydrogen) atoms. The molecule has 4 aromatic rings. The summed E-state index contributed by atoms with van der Waals surface area (Å²) in [4.78, 5) is 4.65. The minimum atomic E-state index is 0.692. The number of benzene rings is 2. The highest BCUT2D eigenvalue weighted by Crippen LogP contribution is 2.31. The molecule has 2 aromatic heterocycles. The molecular formula is C19H16ClN3O. The molecular weight excluding hydrogens is 322 g/mol. The summed E-state index contributed by atoms with van der Waals surface area (Å²) in [7, 11) is 3.57. The predicted molar refractivity (Wildman–Crippen MR) is 96.8 cm³/mol. The van der Waals surface area contributed by atoms with Crippen LogP contribution in [0.15, 0.2) is 48.7 Å². The van der Waals surface area contributed by atoms with Crippen LogP contribution >= 0.6 is 11.6 Å². The Hall–Kier alpha value is -2.59. The van der Waals surface area contributed by atoms with Gasteiger partial charge in [-0.1, -0.05) is 35.9 Å². The number of fused-ring (bicyclic) bond motifs is 2. The van der Waals surface area contributed by atoms with Crippen LogP contribution in [-0.2, 0) is 13.5 Å². The highest BCUT2D eigenvalue weighted by molar-refractivity contribution is 6.39. The zero-order valence-corrected chi connectivity index (χ0v) is 14.2. The highest BCUT2D eigenvalue weighted by atomic mass is 35.5. The molecule has 0 aliphatic heterocycles. The number of hydrogen-bond acceptors (Lipinski definition) is 3. The molecule has 0 spiro atoms. The van der Waals surface area contributed by atoms with E-state index in [0.29, 0.717) is 5.02 Å². The minimum absolute atomic E-state index is 0.692. The summed E-state index contributed by atoms with van der Waals surface area (Å²) in [5, 5.41) is 5.88. The second kappa shape index (κ2) is 5.80. The van der Waals surface area contributed by atoms with Crippen molar-refractivity contribution in [2.45, 2.75) is 6.42 Å². The predicted octanol–water partition coefficient (Wildman–Crippen LogP) is 4.37. The van der Waals surface area contributed by atoms with Gasteiger partial charge in [0.1, 0.15) is 16.8 Å². The van der Waals surface area contributed by atoms with Gasteiger partial charge in [0.05, 0.1) is 23.8 Å². The molecule has 0 unspecified atom stereocenters. The van der Waals surface area contributed by atoms with Gasteiger partial charge in [0.15, 0.2) is 0 Å². The summed E-state index contributed by atoms with van der Waals surface area (Å²) >= 11 is 6.63. The van der Waals surface area contributed by atoms with Gasteiger partial charge in [0.25, 0.3) is 0 Å². The topological polar surface area (TPSA) is 39.9 Å². The van der Waals surface area contributed by atoms with E-state index in [9.17, 15) is 0 Å². The fourth-order valence-electron chi connectivity index (χ4n) is 3.05. The van der Waals surface area contributed by atoms with Crippen molar-refractivity contribution in [3.8, 4) is 5.75 Å². The SMILES string of the molecule is COc1ccccc1Cc1ccc2nc3cnn(C)c3c(Cl)c2c1. The number of rotatable bonds is 3. The number of pyridine rings is 1. The highest BCUT2D eigenvalue weighted by Gasteiger charge is 2.12. The van der Waals surface area contributed by atoms with Gasteiger partial charge < -0.3 is 4.74 Å². The van der Waals surface area contributed by atoms with E-state index in [0.717, 1.165) is 45.2 Å². The fraction of sp³-hybridized carbons (Fsp3) is 0.158. The summed E-state index contributed by atoms with van der Waals surface area (Å²) in [6.45, 7) is 0. The maximum atomic E-state index is 6.63. The standard InChI is InChI=1S/C19H16ClN3O/c1-23-19-16(11-21-23)22-15-8-7-12(10-14(15)18(19)20)9-13-5-3-4-6-17(13)24-2/h3-8,10-11H,9H2,1-2H3. The van der Waals surface area contributed by atoms with E-state index < -0.39 is 0 Å². The molecule has 0 radical (unpaired) electrons. The number of para-hydroxylation sites is 1. The number of aromatic nitrogens is 3. The first kappa shape index (κ1) is 15.0. The van der Waals surface area contributed by atoms with Gasteiger partial charge in [0.2, 0.25) is 0 Å². The average molecular weight is 338 g/mol. The van der Waals surface area contributed by atoms with Crippen LogP contribution in [0.2, 0.25) is 5.02 Å². The number of ether oxygens (including phenoxy) is 1. The largest absolute Gasteiger partial charge is 0.496 e. The van der Waals surface area contributed by atoms with Crippen LogP contribution < -0.4 is 4.74 Å². The van der Waals surface area contributed by atoms with Crippen molar-refractivity contribution in [1.29, 1.82) is 0 Å². The van der Waals surface area contributed by atoms with E-state index >= 15 is 0 Å². The number of halogens is 1. The lowest BCUT2D eigenvalue weighted by Crippen LogP contribution is -1.95. The van der Waals surface area contributed by atoms with Crippen LogP contribution in [0.25, 0.3) is 21.9 Å². The quantitative estimate of drug-likeness (QED) is 0.557. The van der Waals surface area contributed by atoms with Crippen molar-refractivity contribution in [1.82, 2.24) is 14.8 Å². The van der Waals surface area contributed by atoms with Gasteiger partial charge in [0, 0.05) is 18.9 Å². The number of nitrogens with zero attached hydrogens (tertiary/aromatic N) is 3. The Bertz CT molecular complexity index is 1060. The van der Waals surface area contributed by atoms with Gasteiger partial charge >= 0.3 is 0 Å². The molecule has 0 amide bonds. The lowest BCUT2D eigenvalue weighted by Gasteiger charge is -2.10. The molecule has 0 N–H and O–H groups in total. The Morgan fingerprint density at radius 1 is 1.12 bits per heavy atom. The second-order valence-corrected chi connectivity index (χ2v) is 6.15. The smallest absolute Gasteiger partial charge is 0.122 e. The average Bonchev–Trinajstić information content (AvgIpc) is 2.97. The van der Waals surface area contributed by atoms with Crippen molar-refractivity contribution < 1.29 is 4.74 Å². The zero-order valence-electron chi connectivity index (χ0n) is 13.5. The molecule has 0 atom stereocenters. The lowest BCUT2D eigenvalue weighted by molar-refractivity contribution is 0.410. The molecule has 4 nitrogen and oxygen atoms in total. The Labute approximate surface area is 144 Å². The van der Waals surface area contributed by atoms with Crippen molar-refractivity contribution in [3.05, 3.63) is 64.8 Å². The summed E-state index contributed by atoms with van der Waals surface area (Å²) in [5.41, 5.74) is 4.86. The molecule has 2 heterocycles. The third kappa shape index (κ3) is 2.39. The van der Waals surface area contributed by atoms with Crippen LogP contribution in [0.4, 0.5) is 0 Å². The van der Waals surface area contributed by atoms with Crippen LogP contribution in [-0.4, -0.2) is 21.9 Å². The third-order valence-corrected chi connectivity index (χ3v) is 4.64. The normalized spacial score (nSPS) is 11.3.